The predicted molar refractivity (Wildman–Crippen MR) is 60.1 cm³/mol. The van der Waals surface area contributed by atoms with Gasteiger partial charge in [-0.1, -0.05) is 0 Å². The first-order valence-corrected chi connectivity index (χ1v) is 4.93. The van der Waals surface area contributed by atoms with E-state index in [-0.39, 0.29) is 5.69 Å². The van der Waals surface area contributed by atoms with Gasteiger partial charge in [0, 0.05) is 10.9 Å². The molecule has 0 aliphatic heterocycles. The van der Waals surface area contributed by atoms with Gasteiger partial charge in [0.25, 0.3) is 5.91 Å². The number of benzene rings is 1. The van der Waals surface area contributed by atoms with Crippen LogP contribution in [0.3, 0.4) is 0 Å². The number of nitrogens with zero attached hydrogens (tertiary/aromatic N) is 2. The minimum atomic E-state index is -0.555. The summed E-state index contributed by atoms with van der Waals surface area (Å²) < 4.78 is 5.19. The van der Waals surface area contributed by atoms with Crippen molar-refractivity contribution in [1.82, 2.24) is 15.2 Å². The molecular formula is C11H8N4O2. The Morgan fingerprint density at radius 3 is 3.00 bits per heavy atom. The fraction of sp³-hybridized carbons (Fsp3) is 0. The largest absolute Gasteiger partial charge is 0.445 e. The number of hydrogen-bond acceptors (Lipinski definition) is 4. The molecule has 0 saturated carbocycles. The molecule has 0 fully saturated rings. The highest BCUT2D eigenvalue weighted by Gasteiger charge is 2.12. The SMILES string of the molecule is NC(=O)c1n[nH]c2cc(-c3ncco3)ccc12. The summed E-state index contributed by atoms with van der Waals surface area (Å²) in [6.45, 7) is 0. The topological polar surface area (TPSA) is 97.8 Å². The highest BCUT2D eigenvalue weighted by Crippen LogP contribution is 2.23. The number of nitrogens with two attached hydrogens (primary N) is 1. The van der Waals surface area contributed by atoms with Crippen molar-refractivity contribution in [2.75, 3.05) is 0 Å². The number of fused-ring (bicyclic) bond motifs is 1. The number of hydrogen-bond donors (Lipinski definition) is 2. The third-order valence-electron chi connectivity index (χ3n) is 2.48. The fourth-order valence-corrected chi connectivity index (χ4v) is 1.71. The van der Waals surface area contributed by atoms with Crippen LogP contribution >= 0.6 is 0 Å². The Labute approximate surface area is 95.4 Å². The Balaban J connectivity index is 2.18. The maximum atomic E-state index is 11.1. The summed E-state index contributed by atoms with van der Waals surface area (Å²) >= 11 is 0. The number of oxazole rings is 1. The molecule has 0 aliphatic rings. The molecule has 2 aromatic heterocycles. The van der Waals surface area contributed by atoms with Crippen molar-refractivity contribution >= 4 is 16.8 Å². The van der Waals surface area contributed by atoms with Crippen molar-refractivity contribution in [2.24, 2.45) is 5.73 Å². The average molecular weight is 228 g/mol. The first-order valence-electron chi connectivity index (χ1n) is 4.93. The summed E-state index contributed by atoms with van der Waals surface area (Å²) in [5.41, 5.74) is 6.96. The fourth-order valence-electron chi connectivity index (χ4n) is 1.71. The lowest BCUT2D eigenvalue weighted by Gasteiger charge is -1.95. The molecule has 1 amide bonds. The second-order valence-corrected chi connectivity index (χ2v) is 3.53. The van der Waals surface area contributed by atoms with Crippen LogP contribution in [0.5, 0.6) is 0 Å². The molecule has 6 heteroatoms. The summed E-state index contributed by atoms with van der Waals surface area (Å²) in [5, 5.41) is 7.31. The number of aromatic amines is 1. The molecule has 2 heterocycles. The van der Waals surface area contributed by atoms with E-state index in [1.807, 2.05) is 0 Å². The van der Waals surface area contributed by atoms with Gasteiger partial charge >= 0.3 is 0 Å². The van der Waals surface area contributed by atoms with Crippen LogP contribution in [0.2, 0.25) is 0 Å². The third kappa shape index (κ3) is 1.46. The molecule has 84 valence electrons. The Bertz CT molecular complexity index is 685. The van der Waals surface area contributed by atoms with Crippen molar-refractivity contribution < 1.29 is 9.21 Å². The lowest BCUT2D eigenvalue weighted by atomic mass is 10.1. The number of H-pyrrole nitrogens is 1. The van der Waals surface area contributed by atoms with E-state index in [2.05, 4.69) is 15.2 Å². The molecule has 3 N–H and O–H groups in total. The maximum Gasteiger partial charge on any atom is 0.269 e. The summed E-state index contributed by atoms with van der Waals surface area (Å²) in [6.07, 6.45) is 3.07. The first kappa shape index (κ1) is 9.59. The molecular weight excluding hydrogens is 220 g/mol. The number of aromatic nitrogens is 3. The van der Waals surface area contributed by atoms with Gasteiger partial charge in [-0.2, -0.15) is 5.10 Å². The average Bonchev–Trinajstić information content (AvgIpc) is 2.97. The highest BCUT2D eigenvalue weighted by molar-refractivity contribution is 6.04. The van der Waals surface area contributed by atoms with E-state index in [4.69, 9.17) is 10.2 Å². The number of amides is 1. The number of carbonyl (C=O) groups excluding carboxylic acids is 1. The number of carbonyl (C=O) groups is 1. The predicted octanol–water partition coefficient (Wildman–Crippen LogP) is 1.32. The first-order chi connectivity index (χ1) is 8.25. The molecule has 3 rings (SSSR count). The Morgan fingerprint density at radius 2 is 2.29 bits per heavy atom. The van der Waals surface area contributed by atoms with Crippen molar-refractivity contribution in [3.05, 3.63) is 36.4 Å². The Kier molecular flexibility index (Phi) is 1.94. The lowest BCUT2D eigenvalue weighted by molar-refractivity contribution is 0.0997. The lowest BCUT2D eigenvalue weighted by Crippen LogP contribution is -2.11. The van der Waals surface area contributed by atoms with Crippen molar-refractivity contribution in [2.45, 2.75) is 0 Å². The second-order valence-electron chi connectivity index (χ2n) is 3.53. The Morgan fingerprint density at radius 1 is 1.41 bits per heavy atom. The van der Waals surface area contributed by atoms with Gasteiger partial charge in [0.05, 0.1) is 11.7 Å². The minimum absolute atomic E-state index is 0.235. The van der Waals surface area contributed by atoms with Crippen molar-refractivity contribution in [3.63, 3.8) is 0 Å². The summed E-state index contributed by atoms with van der Waals surface area (Å²) in [5.74, 6) is -0.0396. The van der Waals surface area contributed by atoms with Crippen molar-refractivity contribution in [1.29, 1.82) is 0 Å². The van der Waals surface area contributed by atoms with Crippen LogP contribution in [0.15, 0.2) is 35.1 Å². The van der Waals surface area contributed by atoms with Gasteiger partial charge in [-0.05, 0) is 18.2 Å². The van der Waals surface area contributed by atoms with Crippen LogP contribution < -0.4 is 5.73 Å². The van der Waals surface area contributed by atoms with Crippen LogP contribution in [0.25, 0.3) is 22.4 Å². The van der Waals surface area contributed by atoms with Gasteiger partial charge < -0.3 is 10.2 Å². The second kappa shape index (κ2) is 3.44. The number of nitrogens with one attached hydrogen (secondary N) is 1. The van der Waals surface area contributed by atoms with E-state index in [9.17, 15) is 4.79 Å². The molecule has 6 nitrogen and oxygen atoms in total. The third-order valence-corrected chi connectivity index (χ3v) is 2.48. The molecule has 0 bridgehead atoms. The van der Waals surface area contributed by atoms with E-state index >= 15 is 0 Å². The van der Waals surface area contributed by atoms with Gasteiger partial charge in [0.15, 0.2) is 5.69 Å². The zero-order valence-electron chi connectivity index (χ0n) is 8.68. The molecule has 0 spiro atoms. The maximum absolute atomic E-state index is 11.1. The minimum Gasteiger partial charge on any atom is -0.445 e. The van der Waals surface area contributed by atoms with Gasteiger partial charge in [0.1, 0.15) is 6.26 Å². The Hall–Kier alpha value is -2.63. The summed E-state index contributed by atoms with van der Waals surface area (Å²) in [6, 6.07) is 5.37. The van der Waals surface area contributed by atoms with E-state index in [1.54, 1.807) is 24.4 Å². The smallest absolute Gasteiger partial charge is 0.269 e. The van der Waals surface area contributed by atoms with Crippen LogP contribution in [0.1, 0.15) is 10.5 Å². The van der Waals surface area contributed by atoms with Gasteiger partial charge in [-0.25, -0.2) is 4.98 Å². The van der Waals surface area contributed by atoms with Crippen LogP contribution in [-0.2, 0) is 0 Å². The van der Waals surface area contributed by atoms with Crippen LogP contribution in [-0.4, -0.2) is 21.1 Å². The molecule has 0 radical (unpaired) electrons. The van der Waals surface area contributed by atoms with E-state index in [0.717, 1.165) is 11.1 Å². The molecule has 0 unspecified atom stereocenters. The molecule has 0 atom stereocenters. The van der Waals surface area contributed by atoms with E-state index < -0.39 is 5.91 Å². The summed E-state index contributed by atoms with van der Waals surface area (Å²) in [7, 11) is 0. The van der Waals surface area contributed by atoms with Gasteiger partial charge in [0.2, 0.25) is 5.89 Å². The normalized spacial score (nSPS) is 10.8. The quantitative estimate of drug-likeness (QED) is 0.691. The molecule has 1 aromatic carbocycles. The zero-order chi connectivity index (χ0) is 11.8. The highest BCUT2D eigenvalue weighted by atomic mass is 16.3. The van der Waals surface area contributed by atoms with Crippen molar-refractivity contribution in [3.8, 4) is 11.5 Å². The van der Waals surface area contributed by atoms with E-state index in [0.29, 0.717) is 11.3 Å². The molecule has 0 saturated heterocycles. The molecule has 0 aliphatic carbocycles. The van der Waals surface area contributed by atoms with Crippen LogP contribution in [0, 0.1) is 0 Å². The molecule has 17 heavy (non-hydrogen) atoms. The monoisotopic (exact) mass is 228 g/mol. The van der Waals surface area contributed by atoms with Gasteiger partial charge in [-0.15, -0.1) is 0 Å². The standard InChI is InChI=1S/C11H8N4O2/c12-10(16)9-7-2-1-6(5-8(7)14-15-9)11-13-3-4-17-11/h1-5H,(H2,12,16)(H,14,15). The molecule has 3 aromatic rings. The zero-order valence-corrected chi connectivity index (χ0v) is 8.68. The van der Waals surface area contributed by atoms with E-state index in [1.165, 1.54) is 6.26 Å². The van der Waals surface area contributed by atoms with Crippen LogP contribution in [0.4, 0.5) is 0 Å². The number of rotatable bonds is 2. The van der Waals surface area contributed by atoms with Gasteiger partial charge in [-0.3, -0.25) is 9.89 Å². The number of primary amides is 1. The summed E-state index contributed by atoms with van der Waals surface area (Å²) in [4.78, 5) is 15.1.